The van der Waals surface area contributed by atoms with Crippen LogP contribution >= 0.6 is 0 Å². The van der Waals surface area contributed by atoms with Crippen LogP contribution in [0.1, 0.15) is 65.2 Å². The lowest BCUT2D eigenvalue weighted by atomic mass is 10.0. The van der Waals surface area contributed by atoms with Gasteiger partial charge in [-0.05, 0) is 32.2 Å². The predicted molar refractivity (Wildman–Crippen MR) is 72.0 cm³/mol. The largest absolute Gasteiger partial charge is 0.352 e. The molecule has 1 aliphatic rings. The van der Waals surface area contributed by atoms with Crippen LogP contribution in [0.4, 0.5) is 0 Å². The lowest BCUT2D eigenvalue weighted by Crippen LogP contribution is -2.49. The topological polar surface area (TPSA) is 41.1 Å². The average Bonchev–Trinajstić information content (AvgIpc) is 2.37. The molecule has 2 N–H and O–H groups in total. The van der Waals surface area contributed by atoms with Gasteiger partial charge in [0.2, 0.25) is 5.91 Å². The molecule has 0 bridgehead atoms. The van der Waals surface area contributed by atoms with Gasteiger partial charge < -0.3 is 10.6 Å². The number of carbonyl (C=O) groups excluding carboxylic acids is 1. The third-order valence-corrected chi connectivity index (χ3v) is 3.52. The van der Waals surface area contributed by atoms with E-state index < -0.39 is 0 Å². The maximum atomic E-state index is 12.1. The van der Waals surface area contributed by atoms with Crippen molar-refractivity contribution in [2.75, 3.05) is 6.54 Å². The quantitative estimate of drug-likeness (QED) is 0.718. The molecule has 2 atom stereocenters. The first-order valence-corrected chi connectivity index (χ1v) is 7.31. The second-order valence-corrected chi connectivity index (χ2v) is 5.14. The summed E-state index contributed by atoms with van der Waals surface area (Å²) in [6.45, 7) is 5.38. The van der Waals surface area contributed by atoms with Crippen molar-refractivity contribution in [3.8, 4) is 0 Å². The molecule has 1 amide bonds. The lowest BCUT2D eigenvalue weighted by molar-refractivity contribution is -0.124. The Morgan fingerprint density at radius 3 is 2.71 bits per heavy atom. The molecule has 1 aliphatic heterocycles. The Balaban J connectivity index is 2.33. The van der Waals surface area contributed by atoms with Crippen molar-refractivity contribution >= 4 is 5.91 Å². The molecule has 1 rings (SSSR count). The first kappa shape index (κ1) is 14.5. The highest BCUT2D eigenvalue weighted by atomic mass is 16.2. The molecule has 3 heteroatoms. The van der Waals surface area contributed by atoms with Gasteiger partial charge in [0.1, 0.15) is 0 Å². The highest BCUT2D eigenvalue weighted by Crippen LogP contribution is 2.10. The molecule has 100 valence electrons. The number of hydrogen-bond donors (Lipinski definition) is 2. The lowest BCUT2D eigenvalue weighted by Gasteiger charge is -2.26. The molecule has 0 saturated carbocycles. The van der Waals surface area contributed by atoms with E-state index in [0.29, 0.717) is 6.04 Å². The van der Waals surface area contributed by atoms with Gasteiger partial charge in [-0.3, -0.25) is 4.79 Å². The van der Waals surface area contributed by atoms with E-state index in [9.17, 15) is 4.79 Å². The third-order valence-electron chi connectivity index (χ3n) is 3.52. The van der Waals surface area contributed by atoms with Gasteiger partial charge in [-0.25, -0.2) is 0 Å². The second-order valence-electron chi connectivity index (χ2n) is 5.14. The van der Waals surface area contributed by atoms with Crippen molar-refractivity contribution in [1.82, 2.24) is 10.6 Å². The zero-order valence-corrected chi connectivity index (χ0v) is 11.4. The van der Waals surface area contributed by atoms with Crippen LogP contribution in [0, 0.1) is 0 Å². The fraction of sp³-hybridized carbons (Fsp3) is 0.929. The summed E-state index contributed by atoms with van der Waals surface area (Å²) < 4.78 is 0. The highest BCUT2D eigenvalue weighted by molar-refractivity contribution is 5.82. The van der Waals surface area contributed by atoms with E-state index in [1.165, 1.54) is 25.7 Å². The summed E-state index contributed by atoms with van der Waals surface area (Å²) in [5.41, 5.74) is 0. The number of unbranched alkanes of at least 4 members (excludes halogenated alkanes) is 1. The van der Waals surface area contributed by atoms with Gasteiger partial charge in [-0.1, -0.05) is 39.5 Å². The molecular formula is C14H28N2O. The maximum Gasteiger partial charge on any atom is 0.237 e. The maximum absolute atomic E-state index is 12.1. The minimum atomic E-state index is 0.0599. The standard InChI is InChI=1S/C14H28N2O/c1-3-5-9-12(8-4-2)16-14(17)13-10-6-7-11-15-13/h12-13,15H,3-11H2,1-2H3,(H,16,17)/t12?,13-/m1/s1. The first-order chi connectivity index (χ1) is 8.27. The Kier molecular flexibility index (Phi) is 7.25. The van der Waals surface area contributed by atoms with Gasteiger partial charge in [0.25, 0.3) is 0 Å². The summed E-state index contributed by atoms with van der Waals surface area (Å²) in [4.78, 5) is 12.1. The zero-order valence-electron chi connectivity index (χ0n) is 11.4. The van der Waals surface area contributed by atoms with E-state index in [4.69, 9.17) is 0 Å². The average molecular weight is 240 g/mol. The van der Waals surface area contributed by atoms with Crippen LogP contribution in [0.3, 0.4) is 0 Å². The van der Waals surface area contributed by atoms with Gasteiger partial charge in [-0.2, -0.15) is 0 Å². The number of nitrogens with one attached hydrogen (secondary N) is 2. The summed E-state index contributed by atoms with van der Waals surface area (Å²) in [5, 5.41) is 6.53. The van der Waals surface area contributed by atoms with Gasteiger partial charge in [-0.15, -0.1) is 0 Å². The van der Waals surface area contributed by atoms with Crippen LogP contribution in [0.25, 0.3) is 0 Å². The number of amides is 1. The van der Waals surface area contributed by atoms with Crippen molar-refractivity contribution in [2.45, 2.75) is 77.3 Å². The molecule has 0 aliphatic carbocycles. The van der Waals surface area contributed by atoms with Crippen LogP contribution in [0.15, 0.2) is 0 Å². The van der Waals surface area contributed by atoms with Crippen molar-refractivity contribution in [1.29, 1.82) is 0 Å². The van der Waals surface area contributed by atoms with Gasteiger partial charge in [0, 0.05) is 6.04 Å². The minimum Gasteiger partial charge on any atom is -0.352 e. The molecule has 0 aromatic rings. The SMILES string of the molecule is CCCCC(CCC)NC(=O)[C@H]1CCCCN1. The van der Waals surface area contributed by atoms with Crippen molar-refractivity contribution < 1.29 is 4.79 Å². The number of piperidine rings is 1. The van der Waals surface area contributed by atoms with Crippen LogP contribution < -0.4 is 10.6 Å². The zero-order chi connectivity index (χ0) is 12.5. The van der Waals surface area contributed by atoms with Gasteiger partial charge in [0.05, 0.1) is 6.04 Å². The number of hydrogen-bond acceptors (Lipinski definition) is 2. The Morgan fingerprint density at radius 2 is 2.12 bits per heavy atom. The summed E-state index contributed by atoms with van der Waals surface area (Å²) in [6.07, 6.45) is 9.18. The number of rotatable bonds is 7. The summed E-state index contributed by atoms with van der Waals surface area (Å²) >= 11 is 0. The van der Waals surface area contributed by atoms with Crippen LogP contribution in [0.5, 0.6) is 0 Å². The molecule has 1 fully saturated rings. The van der Waals surface area contributed by atoms with E-state index >= 15 is 0 Å². The smallest absolute Gasteiger partial charge is 0.237 e. The first-order valence-electron chi connectivity index (χ1n) is 7.31. The molecule has 0 radical (unpaired) electrons. The Labute approximate surface area is 106 Å². The van der Waals surface area contributed by atoms with E-state index in [2.05, 4.69) is 24.5 Å². The summed E-state index contributed by atoms with van der Waals surface area (Å²) in [5.74, 6) is 0.222. The minimum absolute atomic E-state index is 0.0599. The van der Waals surface area contributed by atoms with Crippen molar-refractivity contribution in [2.24, 2.45) is 0 Å². The van der Waals surface area contributed by atoms with Gasteiger partial charge >= 0.3 is 0 Å². The van der Waals surface area contributed by atoms with E-state index in [-0.39, 0.29) is 11.9 Å². The molecular weight excluding hydrogens is 212 g/mol. The molecule has 0 aromatic carbocycles. The van der Waals surface area contributed by atoms with E-state index in [1.54, 1.807) is 0 Å². The highest BCUT2D eigenvalue weighted by Gasteiger charge is 2.22. The third kappa shape index (κ3) is 5.53. The number of carbonyl (C=O) groups is 1. The molecule has 3 nitrogen and oxygen atoms in total. The monoisotopic (exact) mass is 240 g/mol. The summed E-state index contributed by atoms with van der Waals surface area (Å²) in [6, 6.07) is 0.445. The fourth-order valence-corrected chi connectivity index (χ4v) is 2.47. The Morgan fingerprint density at radius 1 is 1.29 bits per heavy atom. The van der Waals surface area contributed by atoms with E-state index in [0.717, 1.165) is 32.2 Å². The predicted octanol–water partition coefficient (Wildman–Crippen LogP) is 2.60. The van der Waals surface area contributed by atoms with Gasteiger partial charge in [0.15, 0.2) is 0 Å². The normalized spacial score (nSPS) is 22.1. The molecule has 0 spiro atoms. The summed E-state index contributed by atoms with van der Waals surface area (Å²) in [7, 11) is 0. The van der Waals surface area contributed by atoms with Crippen molar-refractivity contribution in [3.05, 3.63) is 0 Å². The van der Waals surface area contributed by atoms with Crippen LogP contribution in [-0.4, -0.2) is 24.5 Å². The van der Waals surface area contributed by atoms with Crippen LogP contribution in [0.2, 0.25) is 0 Å². The molecule has 1 unspecified atom stereocenters. The van der Waals surface area contributed by atoms with Crippen molar-refractivity contribution in [3.63, 3.8) is 0 Å². The molecule has 1 saturated heterocycles. The van der Waals surface area contributed by atoms with E-state index in [1.807, 2.05) is 0 Å². The Bertz CT molecular complexity index is 212. The van der Waals surface area contributed by atoms with Crippen LogP contribution in [-0.2, 0) is 4.79 Å². The Hall–Kier alpha value is -0.570. The molecule has 17 heavy (non-hydrogen) atoms. The molecule has 0 aromatic heterocycles. The fourth-order valence-electron chi connectivity index (χ4n) is 2.47. The second kappa shape index (κ2) is 8.51. The molecule has 1 heterocycles.